The number of aryl methyl sites for hydroxylation is 1. The second-order valence-corrected chi connectivity index (χ2v) is 10.2. The number of nitro groups is 1. The summed E-state index contributed by atoms with van der Waals surface area (Å²) in [5.74, 6) is -0.195. The minimum atomic E-state index is -0.422. The monoisotopic (exact) mass is 516 g/mol. The van der Waals surface area contributed by atoms with Gasteiger partial charge >= 0.3 is 5.69 Å². The van der Waals surface area contributed by atoms with Gasteiger partial charge in [-0.25, -0.2) is 4.68 Å². The molecule has 1 N–H and O–H groups in total. The van der Waals surface area contributed by atoms with E-state index in [1.54, 1.807) is 30.8 Å². The third-order valence-electron chi connectivity index (χ3n) is 6.99. The SMILES string of the molecule is CCCCCCCCCCCCCCCCCCNC(=O)c1ccn(Cn2nc(C)c([N+](=O)[O-])c2C)n1. The van der Waals surface area contributed by atoms with Crippen molar-refractivity contribution in [3.05, 3.63) is 39.5 Å². The van der Waals surface area contributed by atoms with E-state index in [0.29, 0.717) is 23.6 Å². The van der Waals surface area contributed by atoms with E-state index in [1.165, 1.54) is 94.6 Å². The van der Waals surface area contributed by atoms with E-state index in [2.05, 4.69) is 22.4 Å². The summed E-state index contributed by atoms with van der Waals surface area (Å²) in [6.07, 6.45) is 22.9. The lowest BCUT2D eigenvalue weighted by Gasteiger charge is -2.05. The molecule has 0 saturated carbocycles. The molecule has 1 amide bonds. The van der Waals surface area contributed by atoms with Crippen LogP contribution in [0.3, 0.4) is 0 Å². The zero-order valence-corrected chi connectivity index (χ0v) is 23.3. The number of nitrogens with zero attached hydrogens (tertiary/aromatic N) is 5. The van der Waals surface area contributed by atoms with Crippen LogP contribution in [0, 0.1) is 24.0 Å². The molecule has 0 bridgehead atoms. The van der Waals surface area contributed by atoms with E-state index in [1.807, 2.05) is 0 Å². The maximum absolute atomic E-state index is 12.4. The van der Waals surface area contributed by atoms with Crippen LogP contribution in [0.1, 0.15) is 132 Å². The highest BCUT2D eigenvalue weighted by atomic mass is 16.6. The lowest BCUT2D eigenvalue weighted by Crippen LogP contribution is -2.25. The summed E-state index contributed by atoms with van der Waals surface area (Å²) in [4.78, 5) is 23.1. The average Bonchev–Trinajstić information content (AvgIpc) is 3.44. The van der Waals surface area contributed by atoms with Crippen molar-refractivity contribution in [3.8, 4) is 0 Å². The maximum atomic E-state index is 12.4. The van der Waals surface area contributed by atoms with Crippen LogP contribution in [0.5, 0.6) is 0 Å². The minimum absolute atomic E-state index is 0.0175. The highest BCUT2D eigenvalue weighted by Crippen LogP contribution is 2.21. The summed E-state index contributed by atoms with van der Waals surface area (Å²) < 4.78 is 3.09. The second kappa shape index (κ2) is 17.7. The van der Waals surface area contributed by atoms with Crippen LogP contribution >= 0.6 is 0 Å². The Hall–Kier alpha value is -2.71. The highest BCUT2D eigenvalue weighted by molar-refractivity contribution is 5.92. The molecule has 0 saturated heterocycles. The van der Waals surface area contributed by atoms with Crippen LogP contribution < -0.4 is 5.32 Å². The molecular formula is C28H48N6O3. The molecule has 0 aliphatic rings. The van der Waals surface area contributed by atoms with Gasteiger partial charge in [0.25, 0.3) is 5.91 Å². The lowest BCUT2D eigenvalue weighted by atomic mass is 10.0. The lowest BCUT2D eigenvalue weighted by molar-refractivity contribution is -0.386. The van der Waals surface area contributed by atoms with Crippen LogP contribution in [-0.4, -0.2) is 36.9 Å². The summed E-state index contributed by atoms with van der Waals surface area (Å²) in [6.45, 7) is 6.41. The van der Waals surface area contributed by atoms with Crippen LogP contribution in [-0.2, 0) is 6.67 Å². The van der Waals surface area contributed by atoms with E-state index in [0.717, 1.165) is 12.8 Å². The fraction of sp³-hybridized carbons (Fsp3) is 0.750. The van der Waals surface area contributed by atoms with Crippen molar-refractivity contribution in [1.82, 2.24) is 24.9 Å². The van der Waals surface area contributed by atoms with Gasteiger partial charge in [-0.15, -0.1) is 0 Å². The molecular weight excluding hydrogens is 468 g/mol. The van der Waals surface area contributed by atoms with Gasteiger partial charge in [0.15, 0.2) is 0 Å². The average molecular weight is 517 g/mol. The first-order valence-corrected chi connectivity index (χ1v) is 14.4. The fourth-order valence-electron chi connectivity index (χ4n) is 4.75. The Morgan fingerprint density at radius 2 is 1.38 bits per heavy atom. The largest absolute Gasteiger partial charge is 0.351 e. The molecule has 9 nitrogen and oxygen atoms in total. The van der Waals surface area contributed by atoms with Gasteiger partial charge in [-0.1, -0.05) is 103 Å². The number of unbranched alkanes of at least 4 members (excludes halogenated alkanes) is 15. The molecule has 2 aromatic rings. The molecule has 2 aromatic heterocycles. The van der Waals surface area contributed by atoms with Crippen molar-refractivity contribution in [3.63, 3.8) is 0 Å². The zero-order chi connectivity index (χ0) is 26.9. The van der Waals surface area contributed by atoms with Gasteiger partial charge < -0.3 is 5.32 Å². The molecule has 0 aromatic carbocycles. The van der Waals surface area contributed by atoms with Crippen molar-refractivity contribution in [1.29, 1.82) is 0 Å². The molecule has 37 heavy (non-hydrogen) atoms. The number of rotatable bonds is 21. The summed E-state index contributed by atoms with van der Waals surface area (Å²) in [6, 6.07) is 1.66. The van der Waals surface area contributed by atoms with Crippen LogP contribution in [0.2, 0.25) is 0 Å². The first kappa shape index (κ1) is 30.5. The van der Waals surface area contributed by atoms with Gasteiger partial charge in [-0.3, -0.25) is 19.6 Å². The van der Waals surface area contributed by atoms with Gasteiger partial charge in [-0.05, 0) is 26.3 Å². The van der Waals surface area contributed by atoms with Crippen LogP contribution in [0.15, 0.2) is 12.3 Å². The number of amides is 1. The molecule has 0 radical (unpaired) electrons. The van der Waals surface area contributed by atoms with Crippen LogP contribution in [0.25, 0.3) is 0 Å². The quantitative estimate of drug-likeness (QED) is 0.108. The fourth-order valence-corrected chi connectivity index (χ4v) is 4.75. The van der Waals surface area contributed by atoms with Crippen molar-refractivity contribution < 1.29 is 9.72 Å². The smallest absolute Gasteiger partial charge is 0.312 e. The number of carbonyl (C=O) groups excluding carboxylic acids is 1. The Kier molecular flexibility index (Phi) is 14.6. The van der Waals surface area contributed by atoms with Crippen molar-refractivity contribution in [2.45, 2.75) is 130 Å². The molecule has 9 heteroatoms. The van der Waals surface area contributed by atoms with Crippen LogP contribution in [0.4, 0.5) is 5.69 Å². The van der Waals surface area contributed by atoms with Gasteiger partial charge in [0.1, 0.15) is 23.8 Å². The summed E-state index contributed by atoms with van der Waals surface area (Å²) in [5.41, 5.74) is 1.19. The molecule has 0 unspecified atom stereocenters. The molecule has 2 rings (SSSR count). The summed E-state index contributed by atoms with van der Waals surface area (Å²) >= 11 is 0. The predicted octanol–water partition coefficient (Wildman–Crippen LogP) is 7.10. The first-order chi connectivity index (χ1) is 17.9. The molecule has 0 atom stereocenters. The van der Waals surface area contributed by atoms with E-state index < -0.39 is 4.92 Å². The van der Waals surface area contributed by atoms with Gasteiger partial charge in [0.2, 0.25) is 0 Å². The molecule has 2 heterocycles. The van der Waals surface area contributed by atoms with Crippen molar-refractivity contribution >= 4 is 11.6 Å². The number of aromatic nitrogens is 4. The third kappa shape index (κ3) is 11.5. The zero-order valence-electron chi connectivity index (χ0n) is 23.3. The Morgan fingerprint density at radius 1 is 0.865 bits per heavy atom. The minimum Gasteiger partial charge on any atom is -0.351 e. The number of hydrogen-bond donors (Lipinski definition) is 1. The number of hydrogen-bond acceptors (Lipinski definition) is 5. The predicted molar refractivity (Wildman–Crippen MR) is 148 cm³/mol. The van der Waals surface area contributed by atoms with Crippen molar-refractivity contribution in [2.75, 3.05) is 6.54 Å². The third-order valence-corrected chi connectivity index (χ3v) is 6.99. The summed E-state index contributed by atoms with van der Waals surface area (Å²) in [5, 5.41) is 22.6. The van der Waals surface area contributed by atoms with E-state index in [-0.39, 0.29) is 18.3 Å². The summed E-state index contributed by atoms with van der Waals surface area (Å²) in [7, 11) is 0. The van der Waals surface area contributed by atoms with Gasteiger partial charge in [0.05, 0.1) is 4.92 Å². The molecule has 0 spiro atoms. The Balaban J connectivity index is 1.47. The molecule has 0 aliphatic heterocycles. The highest BCUT2D eigenvalue weighted by Gasteiger charge is 2.22. The number of nitrogens with one attached hydrogen (secondary N) is 1. The first-order valence-electron chi connectivity index (χ1n) is 14.4. The van der Waals surface area contributed by atoms with Gasteiger partial charge in [-0.2, -0.15) is 10.2 Å². The Bertz CT molecular complexity index is 936. The van der Waals surface area contributed by atoms with Gasteiger partial charge in [0, 0.05) is 12.7 Å². The molecule has 0 aliphatic carbocycles. The Morgan fingerprint density at radius 3 is 1.86 bits per heavy atom. The van der Waals surface area contributed by atoms with E-state index in [9.17, 15) is 14.9 Å². The topological polar surface area (TPSA) is 108 Å². The second-order valence-electron chi connectivity index (χ2n) is 10.2. The Labute approximate surface area is 222 Å². The number of carbonyl (C=O) groups is 1. The van der Waals surface area contributed by atoms with Crippen molar-refractivity contribution in [2.24, 2.45) is 0 Å². The normalized spacial score (nSPS) is 11.2. The molecule has 0 fully saturated rings. The molecule has 208 valence electrons. The standard InChI is InChI=1S/C28H48N6O3/c1-4-5-6-7-8-9-10-11-12-13-14-15-16-17-18-19-21-29-28(35)26-20-22-32(31-26)23-33-25(3)27(34(36)37)24(2)30-33/h20,22H,4-19,21,23H2,1-3H3,(H,29,35). The van der Waals surface area contributed by atoms with E-state index in [4.69, 9.17) is 0 Å². The van der Waals surface area contributed by atoms with E-state index >= 15 is 0 Å². The maximum Gasteiger partial charge on any atom is 0.312 e.